The number of aliphatic hydroxyl groups excluding tert-OH is 2. The van der Waals surface area contributed by atoms with Crippen molar-refractivity contribution in [2.45, 2.75) is 116 Å². The molecular formula is C20H38N2O6. The van der Waals surface area contributed by atoms with Crippen molar-refractivity contribution >= 4 is 12.2 Å². The van der Waals surface area contributed by atoms with Gasteiger partial charge in [0.1, 0.15) is 11.2 Å². The van der Waals surface area contributed by atoms with Crippen LogP contribution in [0.25, 0.3) is 0 Å². The third-order valence-electron chi connectivity index (χ3n) is 4.36. The molecule has 2 aliphatic carbocycles. The second-order valence-electron chi connectivity index (χ2n) is 9.50. The van der Waals surface area contributed by atoms with Gasteiger partial charge in [0.2, 0.25) is 0 Å². The summed E-state index contributed by atoms with van der Waals surface area (Å²) in [5.41, 5.74) is -0.957. The molecule has 0 spiro atoms. The maximum absolute atomic E-state index is 11.3. The number of ether oxygens (including phenoxy) is 2. The van der Waals surface area contributed by atoms with Crippen molar-refractivity contribution in [2.24, 2.45) is 0 Å². The van der Waals surface area contributed by atoms with Gasteiger partial charge in [-0.15, -0.1) is 0 Å². The summed E-state index contributed by atoms with van der Waals surface area (Å²) < 4.78 is 10.2. The molecule has 2 rings (SSSR count). The molecule has 4 unspecified atom stereocenters. The molecule has 4 atom stereocenters. The van der Waals surface area contributed by atoms with Gasteiger partial charge in [0.15, 0.2) is 0 Å². The van der Waals surface area contributed by atoms with E-state index >= 15 is 0 Å². The Bertz CT molecular complexity index is 466. The Hall–Kier alpha value is -1.54. The van der Waals surface area contributed by atoms with E-state index in [0.717, 1.165) is 38.5 Å². The summed E-state index contributed by atoms with van der Waals surface area (Å²) in [5.74, 6) is 0. The Labute approximate surface area is 168 Å². The fourth-order valence-corrected chi connectivity index (χ4v) is 3.14. The summed E-state index contributed by atoms with van der Waals surface area (Å²) in [6.45, 7) is 10.9. The fraction of sp³-hybridized carbons (Fsp3) is 0.900. The van der Waals surface area contributed by atoms with Crippen LogP contribution in [0.5, 0.6) is 0 Å². The highest BCUT2D eigenvalue weighted by Crippen LogP contribution is 2.20. The zero-order valence-corrected chi connectivity index (χ0v) is 18.1. The van der Waals surface area contributed by atoms with E-state index in [1.165, 1.54) is 0 Å². The molecule has 2 aliphatic rings. The number of aliphatic hydroxyl groups is 2. The number of hydrogen-bond acceptors (Lipinski definition) is 6. The molecule has 0 aliphatic heterocycles. The van der Waals surface area contributed by atoms with Crippen LogP contribution in [-0.4, -0.2) is 57.9 Å². The number of amides is 2. The van der Waals surface area contributed by atoms with E-state index in [-0.39, 0.29) is 12.1 Å². The molecule has 2 fully saturated rings. The lowest BCUT2D eigenvalue weighted by Gasteiger charge is -2.22. The van der Waals surface area contributed by atoms with Crippen molar-refractivity contribution in [2.75, 3.05) is 0 Å². The van der Waals surface area contributed by atoms with E-state index in [1.807, 2.05) is 41.5 Å². The average Bonchev–Trinajstić information content (AvgIpc) is 3.05. The van der Waals surface area contributed by atoms with Gasteiger partial charge in [-0.3, -0.25) is 0 Å². The smallest absolute Gasteiger partial charge is 0.407 e. The molecule has 0 bridgehead atoms. The topological polar surface area (TPSA) is 117 Å². The van der Waals surface area contributed by atoms with Gasteiger partial charge in [-0.25, -0.2) is 9.59 Å². The van der Waals surface area contributed by atoms with Gasteiger partial charge in [0.25, 0.3) is 0 Å². The lowest BCUT2D eigenvalue weighted by Crippen LogP contribution is -2.42. The molecule has 0 aromatic carbocycles. The van der Waals surface area contributed by atoms with Crippen molar-refractivity contribution in [1.82, 2.24) is 10.6 Å². The minimum Gasteiger partial charge on any atom is -0.444 e. The van der Waals surface area contributed by atoms with E-state index in [1.54, 1.807) is 0 Å². The number of rotatable bonds is 2. The zero-order valence-electron chi connectivity index (χ0n) is 18.1. The maximum atomic E-state index is 11.3. The molecular weight excluding hydrogens is 364 g/mol. The lowest BCUT2D eigenvalue weighted by molar-refractivity contribution is 0.0441. The molecule has 164 valence electrons. The number of nitrogens with one attached hydrogen (secondary N) is 2. The first-order valence-corrected chi connectivity index (χ1v) is 10.1. The van der Waals surface area contributed by atoms with Crippen LogP contribution in [0, 0.1) is 0 Å². The summed E-state index contributed by atoms with van der Waals surface area (Å²) >= 11 is 0. The summed E-state index contributed by atoms with van der Waals surface area (Å²) in [6.07, 6.45) is 3.40. The molecule has 0 saturated heterocycles. The SMILES string of the molecule is CC(C)(C)OC(=O)NC1CCCC1O.CC(C)(C)OC(=O)NC1CCCC1O. The predicted molar refractivity (Wildman–Crippen MR) is 106 cm³/mol. The first kappa shape index (κ1) is 24.5. The summed E-state index contributed by atoms with van der Waals surface area (Å²) in [5, 5.41) is 24.3. The molecule has 2 saturated carbocycles. The van der Waals surface area contributed by atoms with Crippen LogP contribution in [0.3, 0.4) is 0 Å². The number of carbonyl (C=O) groups excluding carboxylic acids is 2. The third-order valence-corrected chi connectivity index (χ3v) is 4.36. The standard InChI is InChI=1S/2C10H19NO3/c2*1-10(2,3)14-9(13)11-7-5-4-6-8(7)12/h2*7-8,12H,4-6H2,1-3H3,(H,11,13). The van der Waals surface area contributed by atoms with Gasteiger partial charge in [-0.1, -0.05) is 0 Å². The largest absolute Gasteiger partial charge is 0.444 e. The Morgan fingerprint density at radius 2 is 1.04 bits per heavy atom. The summed E-state index contributed by atoms with van der Waals surface area (Å²) in [6, 6.07) is -0.269. The van der Waals surface area contributed by atoms with Crippen molar-refractivity contribution in [1.29, 1.82) is 0 Å². The van der Waals surface area contributed by atoms with Gasteiger partial charge >= 0.3 is 12.2 Å². The summed E-state index contributed by atoms with van der Waals surface area (Å²) in [4.78, 5) is 22.6. The van der Waals surface area contributed by atoms with Crippen LogP contribution in [0.1, 0.15) is 80.1 Å². The highest BCUT2D eigenvalue weighted by Gasteiger charge is 2.29. The van der Waals surface area contributed by atoms with E-state index < -0.39 is 35.6 Å². The molecule has 0 aromatic rings. The molecule has 8 heteroatoms. The molecule has 0 heterocycles. The van der Waals surface area contributed by atoms with Crippen molar-refractivity contribution in [3.05, 3.63) is 0 Å². The van der Waals surface area contributed by atoms with E-state index in [0.29, 0.717) is 0 Å². The fourth-order valence-electron chi connectivity index (χ4n) is 3.14. The number of carbonyl (C=O) groups is 2. The van der Waals surface area contributed by atoms with E-state index in [4.69, 9.17) is 9.47 Å². The van der Waals surface area contributed by atoms with Crippen LogP contribution in [0.15, 0.2) is 0 Å². The van der Waals surface area contributed by atoms with Crippen molar-refractivity contribution < 1.29 is 29.3 Å². The Morgan fingerprint density at radius 1 is 0.714 bits per heavy atom. The minimum atomic E-state index is -0.479. The quantitative estimate of drug-likeness (QED) is 0.564. The van der Waals surface area contributed by atoms with Crippen LogP contribution in [0.2, 0.25) is 0 Å². The average molecular weight is 403 g/mol. The Balaban J connectivity index is 0.000000280. The third kappa shape index (κ3) is 10.1. The first-order chi connectivity index (χ1) is 12.8. The van der Waals surface area contributed by atoms with E-state index in [9.17, 15) is 19.8 Å². The van der Waals surface area contributed by atoms with Gasteiger partial charge < -0.3 is 30.3 Å². The minimum absolute atomic E-state index is 0.134. The second-order valence-corrected chi connectivity index (χ2v) is 9.50. The number of hydrogen-bond donors (Lipinski definition) is 4. The maximum Gasteiger partial charge on any atom is 0.407 e. The predicted octanol–water partition coefficient (Wildman–Crippen LogP) is 2.85. The van der Waals surface area contributed by atoms with Crippen LogP contribution in [-0.2, 0) is 9.47 Å². The highest BCUT2D eigenvalue weighted by atomic mass is 16.6. The van der Waals surface area contributed by atoms with E-state index in [2.05, 4.69) is 10.6 Å². The van der Waals surface area contributed by atoms with Gasteiger partial charge in [-0.05, 0) is 80.1 Å². The monoisotopic (exact) mass is 402 g/mol. The van der Waals surface area contributed by atoms with Crippen molar-refractivity contribution in [3.8, 4) is 0 Å². The molecule has 4 N–H and O–H groups in total. The van der Waals surface area contributed by atoms with Gasteiger partial charge in [-0.2, -0.15) is 0 Å². The summed E-state index contributed by atoms with van der Waals surface area (Å²) in [7, 11) is 0. The molecule has 8 nitrogen and oxygen atoms in total. The molecule has 28 heavy (non-hydrogen) atoms. The van der Waals surface area contributed by atoms with Gasteiger partial charge in [0, 0.05) is 0 Å². The Morgan fingerprint density at radius 3 is 1.25 bits per heavy atom. The molecule has 0 radical (unpaired) electrons. The van der Waals surface area contributed by atoms with Gasteiger partial charge in [0.05, 0.1) is 24.3 Å². The first-order valence-electron chi connectivity index (χ1n) is 10.1. The van der Waals surface area contributed by atoms with Crippen molar-refractivity contribution in [3.63, 3.8) is 0 Å². The van der Waals surface area contributed by atoms with Crippen LogP contribution >= 0.6 is 0 Å². The van der Waals surface area contributed by atoms with Crippen LogP contribution in [0.4, 0.5) is 9.59 Å². The number of alkyl carbamates (subject to hydrolysis) is 2. The normalized spacial score (nSPS) is 27.4. The Kier molecular flexibility index (Phi) is 9.01. The molecule has 2 amide bonds. The lowest BCUT2D eigenvalue weighted by atomic mass is 10.2. The molecule has 0 aromatic heterocycles. The highest BCUT2D eigenvalue weighted by molar-refractivity contribution is 5.68. The second kappa shape index (κ2) is 10.3. The zero-order chi connectivity index (χ0) is 21.5. The van der Waals surface area contributed by atoms with Crippen LogP contribution < -0.4 is 10.6 Å².